The smallest absolute Gasteiger partial charge is 0.336 e. The number of amides is 1. The Hall–Kier alpha value is -2.90. The molecule has 1 heterocycles. The van der Waals surface area contributed by atoms with E-state index >= 15 is 0 Å². The van der Waals surface area contributed by atoms with Crippen LogP contribution in [0.15, 0.2) is 60.0 Å². The van der Waals surface area contributed by atoms with E-state index in [2.05, 4.69) is 6.58 Å². The lowest BCUT2D eigenvalue weighted by Gasteiger charge is -2.16. The first kappa shape index (κ1) is 19.9. The van der Waals surface area contributed by atoms with Gasteiger partial charge in [-0.15, -0.1) is 0 Å². The summed E-state index contributed by atoms with van der Waals surface area (Å²) < 4.78 is 5.98. The van der Waals surface area contributed by atoms with Crippen molar-refractivity contribution >= 4 is 51.9 Å². The summed E-state index contributed by atoms with van der Waals surface area (Å²) in [5.41, 5.74) is 1.94. The van der Waals surface area contributed by atoms with E-state index in [-0.39, 0.29) is 11.5 Å². The number of nitrogens with zero attached hydrogens (tertiary/aromatic N) is 1. The lowest BCUT2D eigenvalue weighted by Crippen LogP contribution is -2.27. The van der Waals surface area contributed by atoms with Gasteiger partial charge in [-0.25, -0.2) is 4.79 Å². The van der Waals surface area contributed by atoms with Gasteiger partial charge in [0.05, 0.1) is 16.2 Å². The summed E-state index contributed by atoms with van der Waals surface area (Å²) in [6, 6.07) is 12.2. The number of aryl methyl sites for hydroxylation is 1. The number of carbonyl (C=O) groups is 2. The van der Waals surface area contributed by atoms with Crippen molar-refractivity contribution in [3.05, 3.63) is 76.7 Å². The normalized spacial score (nSPS) is 15.2. The Bertz CT molecular complexity index is 1010. The van der Waals surface area contributed by atoms with Crippen molar-refractivity contribution in [2.24, 2.45) is 0 Å². The molecule has 1 aliphatic heterocycles. The number of ether oxygens (including phenoxy) is 1. The van der Waals surface area contributed by atoms with Crippen molar-refractivity contribution < 1.29 is 19.4 Å². The van der Waals surface area contributed by atoms with Crippen LogP contribution in [0.3, 0.4) is 0 Å². The van der Waals surface area contributed by atoms with Gasteiger partial charge in [-0.2, -0.15) is 0 Å². The zero-order valence-corrected chi connectivity index (χ0v) is 16.7. The molecule has 0 spiro atoms. The highest BCUT2D eigenvalue weighted by atomic mass is 32.2. The third-order valence-electron chi connectivity index (χ3n) is 4.07. The van der Waals surface area contributed by atoms with E-state index in [0.29, 0.717) is 32.8 Å². The molecular weight excluding hydrogens is 394 g/mol. The van der Waals surface area contributed by atoms with Gasteiger partial charge in [0.2, 0.25) is 0 Å². The molecule has 2 aromatic carbocycles. The van der Waals surface area contributed by atoms with Crippen LogP contribution in [0.25, 0.3) is 6.08 Å². The number of thioether (sulfide) groups is 1. The molecule has 0 unspecified atom stereocenters. The van der Waals surface area contributed by atoms with Crippen LogP contribution in [0.1, 0.15) is 21.5 Å². The number of hydrogen-bond acceptors (Lipinski definition) is 5. The first-order valence-corrected chi connectivity index (χ1v) is 9.59. The average molecular weight is 412 g/mol. The minimum Gasteiger partial charge on any atom is -0.489 e. The molecule has 1 aliphatic rings. The van der Waals surface area contributed by atoms with E-state index in [1.807, 2.05) is 24.3 Å². The molecule has 3 rings (SSSR count). The maximum atomic E-state index is 13.0. The molecule has 1 N–H and O–H groups in total. The minimum atomic E-state index is -1.05. The Labute approximate surface area is 172 Å². The molecular formula is C21H17NO4S2. The molecule has 0 aliphatic carbocycles. The average Bonchev–Trinajstić information content (AvgIpc) is 2.95. The van der Waals surface area contributed by atoms with Crippen molar-refractivity contribution in [3.8, 4) is 5.75 Å². The van der Waals surface area contributed by atoms with Crippen LogP contribution in [0.5, 0.6) is 5.75 Å². The Balaban J connectivity index is 1.95. The highest BCUT2D eigenvalue weighted by Crippen LogP contribution is 2.37. The molecule has 0 aromatic heterocycles. The molecule has 0 atom stereocenters. The van der Waals surface area contributed by atoms with Crippen LogP contribution < -0.4 is 9.64 Å². The maximum Gasteiger partial charge on any atom is 0.336 e. The predicted octanol–water partition coefficient (Wildman–Crippen LogP) is 4.66. The van der Waals surface area contributed by atoms with Crippen LogP contribution in [-0.2, 0) is 4.79 Å². The lowest BCUT2D eigenvalue weighted by molar-refractivity contribution is -0.113. The molecule has 1 fully saturated rings. The third-order valence-corrected chi connectivity index (χ3v) is 5.37. The van der Waals surface area contributed by atoms with Gasteiger partial charge in [0.15, 0.2) is 4.32 Å². The van der Waals surface area contributed by atoms with E-state index < -0.39 is 5.97 Å². The largest absolute Gasteiger partial charge is 0.489 e. The summed E-state index contributed by atoms with van der Waals surface area (Å²) in [5.74, 6) is -0.710. The highest BCUT2D eigenvalue weighted by molar-refractivity contribution is 8.27. The number of rotatable bonds is 6. The number of thiocarbonyl (C=S) groups is 1. The van der Waals surface area contributed by atoms with E-state index in [0.717, 1.165) is 5.56 Å². The highest BCUT2D eigenvalue weighted by Gasteiger charge is 2.34. The summed E-state index contributed by atoms with van der Waals surface area (Å²) in [4.78, 5) is 26.2. The van der Waals surface area contributed by atoms with Gasteiger partial charge in [0, 0.05) is 5.56 Å². The van der Waals surface area contributed by atoms with Crippen LogP contribution in [0.4, 0.5) is 5.69 Å². The Morgan fingerprint density at radius 3 is 2.79 bits per heavy atom. The molecule has 2 aromatic rings. The summed E-state index contributed by atoms with van der Waals surface area (Å²) in [6.07, 6.45) is 3.37. The van der Waals surface area contributed by atoms with Crippen LogP contribution in [-0.4, -0.2) is 27.9 Å². The zero-order valence-electron chi connectivity index (χ0n) is 15.0. The van der Waals surface area contributed by atoms with Crippen molar-refractivity contribution in [1.29, 1.82) is 0 Å². The monoisotopic (exact) mass is 411 g/mol. The van der Waals surface area contributed by atoms with Crippen LogP contribution in [0, 0.1) is 6.92 Å². The second kappa shape index (κ2) is 8.41. The third kappa shape index (κ3) is 4.00. The molecule has 0 saturated carbocycles. The van der Waals surface area contributed by atoms with Gasteiger partial charge in [0.25, 0.3) is 5.91 Å². The Morgan fingerprint density at radius 1 is 1.32 bits per heavy atom. The van der Waals surface area contributed by atoms with Crippen molar-refractivity contribution in [2.45, 2.75) is 6.92 Å². The van der Waals surface area contributed by atoms with E-state index in [1.165, 1.54) is 22.7 Å². The topological polar surface area (TPSA) is 66.8 Å². The number of benzene rings is 2. The second-order valence-electron chi connectivity index (χ2n) is 5.96. The fourth-order valence-electron chi connectivity index (χ4n) is 2.69. The molecule has 0 radical (unpaired) electrons. The lowest BCUT2D eigenvalue weighted by atomic mass is 10.1. The maximum absolute atomic E-state index is 13.0. The van der Waals surface area contributed by atoms with Crippen molar-refractivity contribution in [2.75, 3.05) is 11.5 Å². The van der Waals surface area contributed by atoms with Crippen LogP contribution >= 0.6 is 24.0 Å². The van der Waals surface area contributed by atoms with Gasteiger partial charge >= 0.3 is 5.97 Å². The number of carbonyl (C=O) groups excluding carboxylic acids is 1. The SMILES string of the molecule is C=CCOc1ccccc1/C=C1\SC(=S)N(c2ccc(C)c(C(=O)O)c2)C1=O. The van der Waals surface area contributed by atoms with E-state index in [9.17, 15) is 14.7 Å². The molecule has 0 bridgehead atoms. The van der Waals surface area contributed by atoms with Gasteiger partial charge in [0.1, 0.15) is 12.4 Å². The Morgan fingerprint density at radius 2 is 2.07 bits per heavy atom. The van der Waals surface area contributed by atoms with Crippen molar-refractivity contribution in [3.63, 3.8) is 0 Å². The number of anilines is 1. The van der Waals surface area contributed by atoms with Crippen molar-refractivity contribution in [1.82, 2.24) is 0 Å². The summed E-state index contributed by atoms with van der Waals surface area (Å²) in [5, 5.41) is 9.34. The van der Waals surface area contributed by atoms with Crippen LogP contribution in [0.2, 0.25) is 0 Å². The summed E-state index contributed by atoms with van der Waals surface area (Å²) in [6.45, 7) is 5.70. The Kier molecular flexibility index (Phi) is 5.96. The fraction of sp³-hybridized carbons (Fsp3) is 0.0952. The first-order chi connectivity index (χ1) is 13.4. The van der Waals surface area contributed by atoms with Gasteiger partial charge in [-0.3, -0.25) is 9.69 Å². The number of para-hydroxylation sites is 1. The molecule has 28 heavy (non-hydrogen) atoms. The quantitative estimate of drug-likeness (QED) is 0.424. The number of carboxylic acids is 1. The van der Waals surface area contributed by atoms with Gasteiger partial charge in [-0.05, 0) is 36.8 Å². The van der Waals surface area contributed by atoms with E-state index in [1.54, 1.807) is 31.2 Å². The standard InChI is InChI=1S/C21H17NO4S2/c1-3-10-26-17-7-5-4-6-14(17)11-18-19(23)22(21(27)28-18)15-9-8-13(2)16(12-15)20(24)25/h3-9,11-12H,1,10H2,2H3,(H,24,25)/b18-11-. The van der Waals surface area contributed by atoms with E-state index in [4.69, 9.17) is 17.0 Å². The summed E-state index contributed by atoms with van der Waals surface area (Å²) >= 11 is 6.54. The second-order valence-corrected chi connectivity index (χ2v) is 7.63. The summed E-state index contributed by atoms with van der Waals surface area (Å²) in [7, 11) is 0. The molecule has 1 saturated heterocycles. The molecule has 142 valence electrons. The number of hydrogen-bond donors (Lipinski definition) is 1. The number of aromatic carboxylic acids is 1. The zero-order chi connectivity index (χ0) is 20.3. The fourth-order valence-corrected chi connectivity index (χ4v) is 3.98. The van der Waals surface area contributed by atoms with Gasteiger partial charge < -0.3 is 9.84 Å². The first-order valence-electron chi connectivity index (χ1n) is 8.37. The van der Waals surface area contributed by atoms with Gasteiger partial charge in [-0.1, -0.05) is 60.9 Å². The molecule has 5 nitrogen and oxygen atoms in total. The molecule has 1 amide bonds. The minimum absolute atomic E-state index is 0.138. The molecule has 7 heteroatoms. The number of carboxylic acid groups (broad SMARTS) is 1. The predicted molar refractivity (Wildman–Crippen MR) is 116 cm³/mol.